The van der Waals surface area contributed by atoms with Crippen molar-refractivity contribution < 1.29 is 13.2 Å². The van der Waals surface area contributed by atoms with Crippen LogP contribution in [-0.2, 0) is 15.4 Å². The van der Waals surface area contributed by atoms with E-state index in [-0.39, 0.29) is 15.9 Å². The summed E-state index contributed by atoms with van der Waals surface area (Å²) in [6.45, 7) is 6.47. The molecule has 6 heteroatoms. The van der Waals surface area contributed by atoms with Gasteiger partial charge in [-0.15, -0.1) is 0 Å². The first-order valence-corrected chi connectivity index (χ1v) is 12.4. The van der Waals surface area contributed by atoms with E-state index in [2.05, 4.69) is 42.6 Å². The standard InChI is InChI=1S/C28H26N2O3S/c1-28(2,3)24-15-11-20(12-16-24)21-13-17-25(18-14-21)34(32,33)30-27(31)23-9-7-22(8-10-23)26-6-4-5-19-29-26/h4-19H,1-3H3,(H,30,31). The molecule has 0 unspecified atom stereocenters. The van der Waals surface area contributed by atoms with Crippen molar-refractivity contribution in [1.29, 1.82) is 0 Å². The van der Waals surface area contributed by atoms with Gasteiger partial charge in [0, 0.05) is 17.3 Å². The summed E-state index contributed by atoms with van der Waals surface area (Å²) in [4.78, 5) is 16.9. The molecule has 1 N–H and O–H groups in total. The van der Waals surface area contributed by atoms with Crippen LogP contribution in [-0.4, -0.2) is 19.3 Å². The van der Waals surface area contributed by atoms with Crippen LogP contribution in [0.1, 0.15) is 36.7 Å². The van der Waals surface area contributed by atoms with Crippen LogP contribution in [0.25, 0.3) is 22.4 Å². The molecule has 1 amide bonds. The van der Waals surface area contributed by atoms with Crippen LogP contribution in [0.3, 0.4) is 0 Å². The number of nitrogens with one attached hydrogen (secondary N) is 1. The Bertz CT molecular complexity index is 1390. The molecule has 1 heterocycles. The normalized spacial score (nSPS) is 11.7. The second-order valence-corrected chi connectivity index (χ2v) is 10.8. The van der Waals surface area contributed by atoms with Gasteiger partial charge in [-0.05, 0) is 58.5 Å². The van der Waals surface area contributed by atoms with Gasteiger partial charge in [0.15, 0.2) is 0 Å². The van der Waals surface area contributed by atoms with Crippen LogP contribution in [0.4, 0.5) is 0 Å². The molecule has 172 valence electrons. The smallest absolute Gasteiger partial charge is 0.264 e. The van der Waals surface area contributed by atoms with E-state index in [1.165, 1.54) is 17.7 Å². The molecule has 0 aliphatic carbocycles. The Balaban J connectivity index is 1.47. The highest BCUT2D eigenvalue weighted by Crippen LogP contribution is 2.27. The molecule has 0 saturated heterocycles. The minimum absolute atomic E-state index is 0.0287. The van der Waals surface area contributed by atoms with E-state index in [1.807, 2.05) is 30.3 Å². The van der Waals surface area contributed by atoms with E-state index in [0.29, 0.717) is 0 Å². The molecular weight excluding hydrogens is 444 g/mol. The predicted molar refractivity (Wildman–Crippen MR) is 135 cm³/mol. The van der Waals surface area contributed by atoms with Gasteiger partial charge >= 0.3 is 0 Å². The summed E-state index contributed by atoms with van der Waals surface area (Å²) in [5.41, 5.74) is 5.05. The second kappa shape index (κ2) is 9.23. The third-order valence-corrected chi connectivity index (χ3v) is 6.93. The molecular formula is C28H26N2O3S. The number of hydrogen-bond acceptors (Lipinski definition) is 4. The Labute approximate surface area is 200 Å². The summed E-state index contributed by atoms with van der Waals surface area (Å²) in [6.07, 6.45) is 1.69. The van der Waals surface area contributed by atoms with Gasteiger partial charge in [0.25, 0.3) is 15.9 Å². The van der Waals surface area contributed by atoms with E-state index in [9.17, 15) is 13.2 Å². The molecule has 5 nitrogen and oxygen atoms in total. The Hall–Kier alpha value is -3.77. The zero-order valence-electron chi connectivity index (χ0n) is 19.3. The lowest BCUT2D eigenvalue weighted by Crippen LogP contribution is -2.30. The molecule has 34 heavy (non-hydrogen) atoms. The van der Waals surface area contributed by atoms with E-state index in [4.69, 9.17) is 0 Å². The van der Waals surface area contributed by atoms with E-state index in [1.54, 1.807) is 42.6 Å². The van der Waals surface area contributed by atoms with Crippen LogP contribution < -0.4 is 4.72 Å². The van der Waals surface area contributed by atoms with Crippen LogP contribution in [0, 0.1) is 0 Å². The van der Waals surface area contributed by atoms with Gasteiger partial charge in [0.05, 0.1) is 10.6 Å². The molecule has 0 saturated carbocycles. The maximum atomic E-state index is 12.8. The minimum atomic E-state index is -4.01. The largest absolute Gasteiger partial charge is 0.268 e. The summed E-state index contributed by atoms with van der Waals surface area (Å²) in [5.74, 6) is -0.686. The SMILES string of the molecule is CC(C)(C)c1ccc(-c2ccc(S(=O)(=O)NC(=O)c3ccc(-c4ccccn4)cc3)cc2)cc1. The van der Waals surface area contributed by atoms with Crippen molar-refractivity contribution in [3.05, 3.63) is 108 Å². The van der Waals surface area contributed by atoms with Crippen molar-refractivity contribution in [3.8, 4) is 22.4 Å². The third-order valence-electron chi connectivity index (χ3n) is 5.58. The molecule has 0 atom stereocenters. The Morgan fingerprint density at radius 1 is 0.735 bits per heavy atom. The average molecular weight is 471 g/mol. The van der Waals surface area contributed by atoms with Crippen molar-refractivity contribution in [3.63, 3.8) is 0 Å². The Morgan fingerprint density at radius 3 is 1.82 bits per heavy atom. The summed E-state index contributed by atoms with van der Waals surface area (Å²) < 4.78 is 27.7. The number of amides is 1. The molecule has 1 aromatic heterocycles. The van der Waals surface area contributed by atoms with Crippen LogP contribution in [0.5, 0.6) is 0 Å². The van der Waals surface area contributed by atoms with E-state index >= 15 is 0 Å². The number of nitrogens with zero attached hydrogens (tertiary/aromatic N) is 1. The number of sulfonamides is 1. The molecule has 0 aliphatic heterocycles. The average Bonchev–Trinajstić information content (AvgIpc) is 2.84. The molecule has 3 aromatic carbocycles. The van der Waals surface area contributed by atoms with Gasteiger partial charge in [-0.3, -0.25) is 9.78 Å². The van der Waals surface area contributed by atoms with Gasteiger partial charge in [0.2, 0.25) is 0 Å². The topological polar surface area (TPSA) is 76.1 Å². The van der Waals surface area contributed by atoms with Crippen molar-refractivity contribution in [1.82, 2.24) is 9.71 Å². The highest BCUT2D eigenvalue weighted by atomic mass is 32.2. The fraction of sp³-hybridized carbons (Fsp3) is 0.143. The number of rotatable bonds is 5. The van der Waals surface area contributed by atoms with E-state index in [0.717, 1.165) is 22.4 Å². The first kappa shape index (κ1) is 23.4. The highest BCUT2D eigenvalue weighted by molar-refractivity contribution is 7.90. The zero-order valence-corrected chi connectivity index (χ0v) is 20.1. The molecule has 0 radical (unpaired) electrons. The second-order valence-electron chi connectivity index (χ2n) is 9.08. The lowest BCUT2D eigenvalue weighted by Gasteiger charge is -2.19. The number of carbonyl (C=O) groups excluding carboxylic acids is 1. The fourth-order valence-electron chi connectivity index (χ4n) is 3.55. The van der Waals surface area contributed by atoms with Crippen molar-refractivity contribution in [2.24, 2.45) is 0 Å². The van der Waals surface area contributed by atoms with Gasteiger partial charge < -0.3 is 0 Å². The summed E-state index contributed by atoms with van der Waals surface area (Å²) in [5, 5.41) is 0. The number of aromatic nitrogens is 1. The van der Waals surface area contributed by atoms with Gasteiger partial charge in [0.1, 0.15) is 0 Å². The fourth-order valence-corrected chi connectivity index (χ4v) is 4.53. The van der Waals surface area contributed by atoms with E-state index < -0.39 is 15.9 Å². The third kappa shape index (κ3) is 5.24. The molecule has 0 spiro atoms. The van der Waals surface area contributed by atoms with Crippen molar-refractivity contribution in [2.75, 3.05) is 0 Å². The Kier molecular flexibility index (Phi) is 6.35. The van der Waals surface area contributed by atoms with Crippen LogP contribution in [0.15, 0.2) is 102 Å². The maximum absolute atomic E-state index is 12.8. The highest BCUT2D eigenvalue weighted by Gasteiger charge is 2.19. The number of hydrogen-bond donors (Lipinski definition) is 1. The summed E-state index contributed by atoms with van der Waals surface area (Å²) >= 11 is 0. The van der Waals surface area contributed by atoms with Crippen LogP contribution in [0.2, 0.25) is 0 Å². The van der Waals surface area contributed by atoms with Gasteiger partial charge in [-0.2, -0.15) is 0 Å². The quantitative estimate of drug-likeness (QED) is 0.398. The van der Waals surface area contributed by atoms with Crippen molar-refractivity contribution in [2.45, 2.75) is 31.1 Å². The predicted octanol–water partition coefficient (Wildman–Crippen LogP) is 5.83. The monoisotopic (exact) mass is 470 g/mol. The number of carbonyl (C=O) groups is 1. The number of pyridine rings is 1. The van der Waals surface area contributed by atoms with Gasteiger partial charge in [-0.25, -0.2) is 13.1 Å². The molecule has 4 aromatic rings. The molecule has 4 rings (SSSR count). The maximum Gasteiger partial charge on any atom is 0.264 e. The molecule has 0 bridgehead atoms. The lowest BCUT2D eigenvalue weighted by atomic mass is 9.86. The summed E-state index contributed by atoms with van der Waals surface area (Å²) in [7, 11) is -4.01. The van der Waals surface area contributed by atoms with Gasteiger partial charge in [-0.1, -0.05) is 75.4 Å². The zero-order chi connectivity index (χ0) is 24.3. The first-order chi connectivity index (χ1) is 16.1. The summed E-state index contributed by atoms with van der Waals surface area (Å²) in [6, 6.07) is 26.9. The molecule has 0 aliphatic rings. The molecule has 0 fully saturated rings. The first-order valence-electron chi connectivity index (χ1n) is 10.9. The van der Waals surface area contributed by atoms with Crippen molar-refractivity contribution >= 4 is 15.9 Å². The van der Waals surface area contributed by atoms with Crippen LogP contribution >= 0.6 is 0 Å². The Morgan fingerprint density at radius 2 is 1.29 bits per heavy atom. The lowest BCUT2D eigenvalue weighted by molar-refractivity contribution is 0.0981. The minimum Gasteiger partial charge on any atom is -0.268 e. The number of benzene rings is 3.